The van der Waals surface area contributed by atoms with Crippen molar-refractivity contribution in [3.05, 3.63) is 12.2 Å². The van der Waals surface area contributed by atoms with Crippen molar-refractivity contribution in [3.8, 4) is 0 Å². The number of esters is 1. The van der Waals surface area contributed by atoms with E-state index in [2.05, 4.69) is 6.58 Å². The molecule has 3 nitrogen and oxygen atoms in total. The van der Waals surface area contributed by atoms with Crippen molar-refractivity contribution < 1.29 is 41.0 Å². The van der Waals surface area contributed by atoms with E-state index in [0.29, 0.717) is 19.3 Å². The van der Waals surface area contributed by atoms with Gasteiger partial charge in [-0.2, -0.15) is 26.3 Å². The predicted octanol–water partition coefficient (Wildman–Crippen LogP) is 4.40. The molecule has 0 radical (unpaired) electrons. The first-order chi connectivity index (χ1) is 11.8. The first kappa shape index (κ1) is 21.1. The van der Waals surface area contributed by atoms with Gasteiger partial charge in [-0.3, -0.25) is 0 Å². The Hall–Kier alpha value is -1.25. The summed E-state index contributed by atoms with van der Waals surface area (Å²) >= 11 is 0. The van der Waals surface area contributed by atoms with Crippen molar-refractivity contribution in [2.24, 2.45) is 23.7 Å². The molecule has 0 saturated heterocycles. The largest absolute Gasteiger partial charge is 0.462 e. The molecule has 4 unspecified atom stereocenters. The molecule has 0 aromatic rings. The van der Waals surface area contributed by atoms with Crippen molar-refractivity contribution >= 4 is 5.97 Å². The minimum Gasteiger partial charge on any atom is -0.462 e. The highest BCUT2D eigenvalue weighted by Gasteiger charge is 2.71. The van der Waals surface area contributed by atoms with E-state index in [-0.39, 0.29) is 36.4 Å². The van der Waals surface area contributed by atoms with Gasteiger partial charge in [-0.1, -0.05) is 6.58 Å². The molecule has 0 amide bonds. The Morgan fingerprint density at radius 1 is 1.04 bits per heavy atom. The van der Waals surface area contributed by atoms with Gasteiger partial charge in [-0.15, -0.1) is 0 Å². The molecule has 2 fully saturated rings. The van der Waals surface area contributed by atoms with E-state index < -0.39 is 36.3 Å². The monoisotopic (exact) mass is 388 g/mol. The Morgan fingerprint density at radius 3 is 1.96 bits per heavy atom. The molecule has 2 bridgehead atoms. The van der Waals surface area contributed by atoms with E-state index in [9.17, 15) is 36.2 Å². The maximum atomic E-state index is 12.9. The van der Waals surface area contributed by atoms with E-state index in [1.165, 1.54) is 6.92 Å². The van der Waals surface area contributed by atoms with Crippen molar-refractivity contribution in [2.45, 2.75) is 57.0 Å². The van der Waals surface area contributed by atoms with E-state index in [1.807, 2.05) is 0 Å². The number of ether oxygens (including phenoxy) is 1. The lowest BCUT2D eigenvalue weighted by Crippen LogP contribution is -2.58. The summed E-state index contributed by atoms with van der Waals surface area (Å²) in [5.74, 6) is -1.51. The zero-order valence-electron chi connectivity index (χ0n) is 14.3. The number of rotatable bonds is 6. The SMILES string of the molecule is C=C(C)C(=O)OCCC1CC2CC1CC2CC(O)(C(F)(F)F)C(F)(F)F. The molecule has 4 atom stereocenters. The molecule has 2 rings (SSSR count). The van der Waals surface area contributed by atoms with E-state index in [1.54, 1.807) is 0 Å². The summed E-state index contributed by atoms with van der Waals surface area (Å²) in [6.45, 7) is 5.10. The molecule has 2 aliphatic carbocycles. The first-order valence-electron chi connectivity index (χ1n) is 8.44. The Labute approximate surface area is 147 Å². The van der Waals surface area contributed by atoms with Crippen molar-refractivity contribution in [1.29, 1.82) is 0 Å². The number of carbonyl (C=O) groups excluding carboxylic acids is 1. The van der Waals surface area contributed by atoms with E-state index >= 15 is 0 Å². The highest BCUT2D eigenvalue weighted by atomic mass is 19.4. The normalized spacial score (nSPS) is 29.1. The molecule has 26 heavy (non-hydrogen) atoms. The number of alkyl halides is 6. The smallest absolute Gasteiger partial charge is 0.426 e. The molecule has 0 aromatic carbocycles. The fourth-order valence-corrected chi connectivity index (χ4v) is 4.32. The Kier molecular flexibility index (Phi) is 5.71. The molecular formula is C17H22F6O3. The van der Waals surface area contributed by atoms with Gasteiger partial charge in [0.2, 0.25) is 0 Å². The topological polar surface area (TPSA) is 46.5 Å². The molecule has 150 valence electrons. The summed E-state index contributed by atoms with van der Waals surface area (Å²) in [4.78, 5) is 11.3. The first-order valence-corrected chi connectivity index (χ1v) is 8.44. The average molecular weight is 388 g/mol. The molecule has 0 aromatic heterocycles. The van der Waals surface area contributed by atoms with E-state index in [4.69, 9.17) is 4.74 Å². The second-order valence-corrected chi connectivity index (χ2v) is 7.51. The van der Waals surface area contributed by atoms with Gasteiger partial charge in [0.1, 0.15) is 0 Å². The van der Waals surface area contributed by atoms with Gasteiger partial charge in [0.05, 0.1) is 6.61 Å². The van der Waals surface area contributed by atoms with Crippen molar-refractivity contribution in [1.82, 2.24) is 0 Å². The number of hydrogen-bond donors (Lipinski definition) is 1. The van der Waals surface area contributed by atoms with Crippen LogP contribution < -0.4 is 0 Å². The lowest BCUT2D eigenvalue weighted by molar-refractivity contribution is -0.373. The summed E-state index contributed by atoms with van der Waals surface area (Å²) in [6.07, 6.45) is -11.1. The molecule has 2 saturated carbocycles. The summed E-state index contributed by atoms with van der Waals surface area (Å²) in [5.41, 5.74) is -4.40. The van der Waals surface area contributed by atoms with Gasteiger partial charge >= 0.3 is 18.3 Å². The second-order valence-electron chi connectivity index (χ2n) is 7.51. The lowest BCUT2D eigenvalue weighted by atomic mass is 9.75. The zero-order chi connectivity index (χ0) is 19.9. The molecular weight excluding hydrogens is 366 g/mol. The van der Waals surface area contributed by atoms with Crippen LogP contribution in [0.2, 0.25) is 0 Å². The molecule has 0 aliphatic heterocycles. The third kappa shape index (κ3) is 4.02. The van der Waals surface area contributed by atoms with Gasteiger partial charge in [0.15, 0.2) is 0 Å². The number of carbonyl (C=O) groups is 1. The van der Waals surface area contributed by atoms with Crippen LogP contribution in [0.4, 0.5) is 26.3 Å². The van der Waals surface area contributed by atoms with E-state index in [0.717, 1.165) is 0 Å². The summed E-state index contributed by atoms with van der Waals surface area (Å²) < 4.78 is 82.1. The highest BCUT2D eigenvalue weighted by molar-refractivity contribution is 5.86. The molecule has 0 spiro atoms. The molecule has 0 heterocycles. The number of fused-ring (bicyclic) bond motifs is 2. The van der Waals surface area contributed by atoms with Crippen LogP contribution in [0.25, 0.3) is 0 Å². The fourth-order valence-electron chi connectivity index (χ4n) is 4.32. The molecule has 9 heteroatoms. The summed E-state index contributed by atoms with van der Waals surface area (Å²) in [5, 5.41) is 9.38. The third-order valence-corrected chi connectivity index (χ3v) is 5.72. The van der Waals surface area contributed by atoms with Gasteiger partial charge in [-0.25, -0.2) is 4.79 Å². The minimum absolute atomic E-state index is 0.000697. The maximum Gasteiger partial charge on any atom is 0.426 e. The van der Waals surface area contributed by atoms with Gasteiger partial charge in [0.25, 0.3) is 5.60 Å². The molecule has 2 aliphatic rings. The maximum absolute atomic E-state index is 12.9. The van der Waals surface area contributed by atoms with Gasteiger partial charge in [-0.05, 0) is 62.7 Å². The Morgan fingerprint density at radius 2 is 1.54 bits per heavy atom. The van der Waals surface area contributed by atoms with Crippen LogP contribution in [0, 0.1) is 23.7 Å². The fraction of sp³-hybridized carbons (Fsp3) is 0.824. The highest BCUT2D eigenvalue weighted by Crippen LogP contribution is 2.57. The lowest BCUT2D eigenvalue weighted by Gasteiger charge is -2.37. The van der Waals surface area contributed by atoms with Gasteiger partial charge in [0, 0.05) is 5.57 Å². The predicted molar refractivity (Wildman–Crippen MR) is 79.9 cm³/mol. The minimum atomic E-state index is -5.76. The van der Waals surface area contributed by atoms with Crippen molar-refractivity contribution in [2.75, 3.05) is 6.61 Å². The standard InChI is InChI=1S/C17H22F6O3/c1-9(2)14(24)26-4-3-10-5-12-6-11(10)7-13(12)8-15(25,16(18,19)20)17(21,22)23/h10-13,25H,1,3-8H2,2H3. The summed E-state index contributed by atoms with van der Waals surface area (Å²) in [7, 11) is 0. The molecule has 1 N–H and O–H groups in total. The van der Waals surface area contributed by atoms with Crippen LogP contribution in [0.1, 0.15) is 39.0 Å². The van der Waals surface area contributed by atoms with Crippen molar-refractivity contribution in [3.63, 3.8) is 0 Å². The Balaban J connectivity index is 1.92. The van der Waals surface area contributed by atoms with Crippen LogP contribution in [0.3, 0.4) is 0 Å². The summed E-state index contributed by atoms with van der Waals surface area (Å²) in [6, 6.07) is 0. The van der Waals surface area contributed by atoms with Crippen LogP contribution in [0.15, 0.2) is 12.2 Å². The number of aliphatic hydroxyl groups is 1. The number of halogens is 6. The van der Waals surface area contributed by atoms with Crippen LogP contribution in [-0.4, -0.2) is 35.6 Å². The third-order valence-electron chi connectivity index (χ3n) is 5.72. The number of hydrogen-bond acceptors (Lipinski definition) is 3. The van der Waals surface area contributed by atoms with Crippen LogP contribution >= 0.6 is 0 Å². The van der Waals surface area contributed by atoms with Gasteiger partial charge < -0.3 is 9.84 Å². The van der Waals surface area contributed by atoms with Crippen LogP contribution in [-0.2, 0) is 9.53 Å². The average Bonchev–Trinajstić information content (AvgIpc) is 3.04. The second kappa shape index (κ2) is 7.05. The van der Waals surface area contributed by atoms with Crippen LogP contribution in [0.5, 0.6) is 0 Å². The Bertz CT molecular complexity index is 540. The zero-order valence-corrected chi connectivity index (χ0v) is 14.3. The quantitative estimate of drug-likeness (QED) is 0.417.